The normalized spacial score (nSPS) is 30.8. The van der Waals surface area contributed by atoms with Crippen LogP contribution in [0.4, 0.5) is 0 Å². The van der Waals surface area contributed by atoms with Gasteiger partial charge in [-0.15, -0.1) is 0 Å². The molecule has 0 aromatic rings. The summed E-state index contributed by atoms with van der Waals surface area (Å²) in [5.74, 6) is -4.08. The average Bonchev–Trinajstić information content (AvgIpc) is 2.24. The highest BCUT2D eigenvalue weighted by atomic mass is 32.2. The van der Waals surface area contributed by atoms with Crippen molar-refractivity contribution >= 4 is 26.2 Å². The summed E-state index contributed by atoms with van der Waals surface area (Å²) >= 11 is 0. The molecule has 1 aliphatic carbocycles. The standard InChI is InChI=1S/C9H16O8S2/c1-5(9(10)11)8-6(18(12,13)14)3-2-4-7(8)19(15,16)17/h5-8H,2-4H2,1H3,(H,10,11)(H,12,13,14)(H,15,16,17). The van der Waals surface area contributed by atoms with Crippen molar-refractivity contribution < 1.29 is 35.8 Å². The summed E-state index contributed by atoms with van der Waals surface area (Å²) in [7, 11) is -9.17. The van der Waals surface area contributed by atoms with Crippen molar-refractivity contribution in [2.75, 3.05) is 0 Å². The van der Waals surface area contributed by atoms with E-state index in [2.05, 4.69) is 0 Å². The first-order chi connectivity index (χ1) is 8.46. The Morgan fingerprint density at radius 1 is 1.05 bits per heavy atom. The van der Waals surface area contributed by atoms with Crippen molar-refractivity contribution in [3.05, 3.63) is 0 Å². The first-order valence-corrected chi connectivity index (χ1v) is 8.62. The maximum atomic E-state index is 11.3. The topological polar surface area (TPSA) is 146 Å². The molecule has 0 saturated heterocycles. The summed E-state index contributed by atoms with van der Waals surface area (Å²) in [6.45, 7) is 1.16. The second kappa shape index (κ2) is 5.35. The van der Waals surface area contributed by atoms with Crippen molar-refractivity contribution in [3.8, 4) is 0 Å². The molecular formula is C9H16O8S2. The lowest BCUT2D eigenvalue weighted by Gasteiger charge is -2.36. The Morgan fingerprint density at radius 2 is 1.42 bits per heavy atom. The first kappa shape index (κ1) is 16.3. The quantitative estimate of drug-likeness (QED) is 0.615. The maximum Gasteiger partial charge on any atom is 0.306 e. The van der Waals surface area contributed by atoms with Crippen LogP contribution in [0.2, 0.25) is 0 Å². The fourth-order valence-electron chi connectivity index (χ4n) is 2.65. The molecule has 0 spiro atoms. The molecule has 0 aliphatic heterocycles. The molecule has 3 atom stereocenters. The predicted octanol–water partition coefficient (Wildman–Crippen LogP) is 0.0200. The summed E-state index contributed by atoms with van der Waals surface area (Å²) in [4.78, 5) is 11.0. The number of hydrogen-bond donors (Lipinski definition) is 3. The average molecular weight is 316 g/mol. The second-order valence-electron chi connectivity index (χ2n) is 4.74. The van der Waals surface area contributed by atoms with Crippen molar-refractivity contribution in [1.82, 2.24) is 0 Å². The molecule has 10 heteroatoms. The van der Waals surface area contributed by atoms with Gasteiger partial charge in [0.05, 0.1) is 16.4 Å². The van der Waals surface area contributed by atoms with E-state index < -0.39 is 48.5 Å². The van der Waals surface area contributed by atoms with Crippen LogP contribution in [0.3, 0.4) is 0 Å². The fourth-order valence-corrected chi connectivity index (χ4v) is 5.32. The monoisotopic (exact) mass is 316 g/mol. The van der Waals surface area contributed by atoms with Crippen LogP contribution in [-0.4, -0.2) is 47.5 Å². The lowest BCUT2D eigenvalue weighted by atomic mass is 9.80. The molecule has 0 aromatic heterocycles. The van der Waals surface area contributed by atoms with Crippen LogP contribution in [0.5, 0.6) is 0 Å². The van der Waals surface area contributed by atoms with Gasteiger partial charge in [0.1, 0.15) is 0 Å². The van der Waals surface area contributed by atoms with Gasteiger partial charge in [-0.1, -0.05) is 13.3 Å². The number of carboxylic acid groups (broad SMARTS) is 1. The molecule has 1 saturated carbocycles. The lowest BCUT2D eigenvalue weighted by Crippen LogP contribution is -2.49. The van der Waals surface area contributed by atoms with Crippen LogP contribution in [0, 0.1) is 11.8 Å². The molecule has 1 rings (SSSR count). The molecule has 0 heterocycles. The Hall–Kier alpha value is -0.710. The number of hydrogen-bond acceptors (Lipinski definition) is 5. The third kappa shape index (κ3) is 3.65. The van der Waals surface area contributed by atoms with E-state index in [0.29, 0.717) is 0 Å². The van der Waals surface area contributed by atoms with Crippen molar-refractivity contribution in [2.24, 2.45) is 11.8 Å². The van der Waals surface area contributed by atoms with E-state index in [1.54, 1.807) is 0 Å². The maximum absolute atomic E-state index is 11.3. The third-order valence-electron chi connectivity index (χ3n) is 3.57. The molecular weight excluding hydrogens is 300 g/mol. The molecule has 1 aliphatic rings. The molecule has 19 heavy (non-hydrogen) atoms. The zero-order valence-electron chi connectivity index (χ0n) is 10.1. The van der Waals surface area contributed by atoms with E-state index in [-0.39, 0.29) is 19.3 Å². The molecule has 3 N–H and O–H groups in total. The van der Waals surface area contributed by atoms with Crippen LogP contribution in [0.15, 0.2) is 0 Å². The number of carboxylic acids is 1. The van der Waals surface area contributed by atoms with Gasteiger partial charge in [0, 0.05) is 5.92 Å². The van der Waals surface area contributed by atoms with Gasteiger partial charge < -0.3 is 5.11 Å². The molecule has 8 nitrogen and oxygen atoms in total. The van der Waals surface area contributed by atoms with Crippen LogP contribution >= 0.6 is 0 Å². The van der Waals surface area contributed by atoms with Gasteiger partial charge in [-0.05, 0) is 12.8 Å². The van der Waals surface area contributed by atoms with E-state index in [9.17, 15) is 21.6 Å². The van der Waals surface area contributed by atoms with Crippen molar-refractivity contribution in [3.63, 3.8) is 0 Å². The minimum absolute atomic E-state index is 0.0346. The third-order valence-corrected chi connectivity index (χ3v) is 6.20. The van der Waals surface area contributed by atoms with Crippen LogP contribution in [-0.2, 0) is 25.0 Å². The van der Waals surface area contributed by atoms with E-state index in [0.717, 1.165) is 6.92 Å². The number of carbonyl (C=O) groups is 1. The molecule has 0 aromatic carbocycles. The highest BCUT2D eigenvalue weighted by molar-refractivity contribution is 7.87. The summed E-state index contributed by atoms with van der Waals surface area (Å²) in [5, 5.41) is 5.95. The van der Waals surface area contributed by atoms with Crippen LogP contribution < -0.4 is 0 Å². The van der Waals surface area contributed by atoms with Gasteiger partial charge in [-0.2, -0.15) is 16.8 Å². The largest absolute Gasteiger partial charge is 0.481 e. The zero-order valence-corrected chi connectivity index (χ0v) is 11.8. The molecule has 3 unspecified atom stereocenters. The molecule has 0 radical (unpaired) electrons. The second-order valence-corrected chi connectivity index (χ2v) is 8.01. The van der Waals surface area contributed by atoms with Gasteiger partial charge in [0.2, 0.25) is 0 Å². The van der Waals surface area contributed by atoms with E-state index >= 15 is 0 Å². The van der Waals surface area contributed by atoms with Crippen molar-refractivity contribution in [2.45, 2.75) is 36.7 Å². The van der Waals surface area contributed by atoms with E-state index in [4.69, 9.17) is 14.2 Å². The Morgan fingerprint density at radius 3 is 1.68 bits per heavy atom. The lowest BCUT2D eigenvalue weighted by molar-refractivity contribution is -0.143. The summed E-state index contributed by atoms with van der Waals surface area (Å²) in [5.41, 5.74) is 0. The highest BCUT2D eigenvalue weighted by Crippen LogP contribution is 2.38. The highest BCUT2D eigenvalue weighted by Gasteiger charge is 2.49. The van der Waals surface area contributed by atoms with Gasteiger partial charge in [0.25, 0.3) is 20.2 Å². The zero-order chi connectivity index (χ0) is 15.0. The Bertz CT molecular complexity index is 509. The first-order valence-electron chi connectivity index (χ1n) is 5.61. The van der Waals surface area contributed by atoms with Gasteiger partial charge >= 0.3 is 5.97 Å². The summed E-state index contributed by atoms with van der Waals surface area (Å²) in [6.07, 6.45) is 0.0953. The Labute approximate surface area is 111 Å². The Kier molecular flexibility index (Phi) is 4.60. The SMILES string of the molecule is CC(C(=O)O)C1C(S(=O)(=O)O)CCCC1S(=O)(=O)O. The minimum atomic E-state index is -4.59. The van der Waals surface area contributed by atoms with E-state index in [1.807, 2.05) is 0 Å². The molecule has 0 amide bonds. The van der Waals surface area contributed by atoms with Gasteiger partial charge in [-0.25, -0.2) is 0 Å². The van der Waals surface area contributed by atoms with Crippen molar-refractivity contribution in [1.29, 1.82) is 0 Å². The smallest absolute Gasteiger partial charge is 0.306 e. The van der Waals surface area contributed by atoms with E-state index in [1.165, 1.54) is 0 Å². The molecule has 112 valence electrons. The Balaban J connectivity index is 3.31. The minimum Gasteiger partial charge on any atom is -0.481 e. The molecule has 0 bridgehead atoms. The van der Waals surface area contributed by atoms with Gasteiger partial charge in [-0.3, -0.25) is 13.9 Å². The number of rotatable bonds is 4. The number of aliphatic carboxylic acids is 1. The van der Waals surface area contributed by atoms with Crippen LogP contribution in [0.1, 0.15) is 26.2 Å². The fraction of sp³-hybridized carbons (Fsp3) is 0.889. The molecule has 1 fully saturated rings. The summed E-state index contributed by atoms with van der Waals surface area (Å²) in [6, 6.07) is 0. The van der Waals surface area contributed by atoms with Gasteiger partial charge in [0.15, 0.2) is 0 Å². The predicted molar refractivity (Wildman–Crippen MR) is 64.8 cm³/mol. The summed E-state index contributed by atoms with van der Waals surface area (Å²) < 4.78 is 63.4. The van der Waals surface area contributed by atoms with Crippen LogP contribution in [0.25, 0.3) is 0 Å².